The Morgan fingerprint density at radius 1 is 1.05 bits per heavy atom. The minimum atomic E-state index is 0.756. The summed E-state index contributed by atoms with van der Waals surface area (Å²) in [5.41, 5.74) is 10.6. The predicted octanol–water partition coefficient (Wildman–Crippen LogP) is 4.27. The molecule has 1 heterocycles. The average molecular weight is 287 g/mol. The van der Waals surface area contributed by atoms with Crippen molar-refractivity contribution in [3.63, 3.8) is 0 Å². The first-order valence-electron chi connectivity index (χ1n) is 7.11. The molecule has 1 aliphatic heterocycles. The zero-order valence-corrected chi connectivity index (χ0v) is 12.2. The number of nitrogens with two attached hydrogens (primary N) is 1. The standard InChI is InChI=1S/C17H19ClN2/c18-15-8-5-9-16(19)14(15)12-20-11-4-3-7-13-6-1-2-10-17(13)20/h1-2,5-6,8-10H,3-4,7,11-12,19H2. The lowest BCUT2D eigenvalue weighted by atomic mass is 10.1. The van der Waals surface area contributed by atoms with Crippen molar-refractivity contribution in [2.45, 2.75) is 25.8 Å². The van der Waals surface area contributed by atoms with Gasteiger partial charge in [-0.05, 0) is 43.0 Å². The monoisotopic (exact) mass is 286 g/mol. The van der Waals surface area contributed by atoms with Gasteiger partial charge in [0.25, 0.3) is 0 Å². The van der Waals surface area contributed by atoms with Gasteiger partial charge in [0.05, 0.1) is 0 Å². The third kappa shape index (κ3) is 2.61. The second kappa shape index (κ2) is 5.76. The van der Waals surface area contributed by atoms with Crippen LogP contribution in [-0.4, -0.2) is 6.54 Å². The molecule has 0 fully saturated rings. The molecule has 2 N–H and O–H groups in total. The number of rotatable bonds is 2. The molecular weight excluding hydrogens is 268 g/mol. The van der Waals surface area contributed by atoms with E-state index in [1.165, 1.54) is 24.1 Å². The van der Waals surface area contributed by atoms with Gasteiger partial charge in [0.1, 0.15) is 0 Å². The van der Waals surface area contributed by atoms with Gasteiger partial charge in [0.2, 0.25) is 0 Å². The quantitative estimate of drug-likeness (QED) is 0.836. The second-order valence-electron chi connectivity index (χ2n) is 5.31. The van der Waals surface area contributed by atoms with Crippen molar-refractivity contribution in [2.24, 2.45) is 0 Å². The van der Waals surface area contributed by atoms with Crippen LogP contribution >= 0.6 is 11.6 Å². The number of anilines is 2. The molecule has 2 aromatic rings. The summed E-state index contributed by atoms with van der Waals surface area (Å²) in [6.07, 6.45) is 3.61. The molecule has 0 saturated carbocycles. The fourth-order valence-corrected chi connectivity index (χ4v) is 3.11. The van der Waals surface area contributed by atoms with Crippen LogP contribution in [0, 0.1) is 0 Å². The van der Waals surface area contributed by atoms with Crippen LogP contribution in [-0.2, 0) is 13.0 Å². The summed E-state index contributed by atoms with van der Waals surface area (Å²) >= 11 is 6.31. The third-order valence-corrected chi connectivity index (χ3v) is 4.31. The van der Waals surface area contributed by atoms with E-state index in [0.717, 1.165) is 35.8 Å². The van der Waals surface area contributed by atoms with Crippen molar-refractivity contribution in [2.75, 3.05) is 17.2 Å². The van der Waals surface area contributed by atoms with Gasteiger partial charge in [-0.1, -0.05) is 35.9 Å². The number of hydrogen-bond donors (Lipinski definition) is 1. The maximum absolute atomic E-state index is 6.31. The fraction of sp³-hybridized carbons (Fsp3) is 0.294. The molecular formula is C17H19ClN2. The Labute approximate surface area is 125 Å². The molecule has 0 radical (unpaired) electrons. The maximum Gasteiger partial charge on any atom is 0.0476 e. The first-order chi connectivity index (χ1) is 9.75. The third-order valence-electron chi connectivity index (χ3n) is 3.96. The Hall–Kier alpha value is -1.67. The van der Waals surface area contributed by atoms with E-state index < -0.39 is 0 Å². The molecule has 1 aliphatic rings. The Morgan fingerprint density at radius 3 is 2.75 bits per heavy atom. The topological polar surface area (TPSA) is 29.3 Å². The minimum Gasteiger partial charge on any atom is -0.398 e. The first-order valence-corrected chi connectivity index (χ1v) is 7.49. The van der Waals surface area contributed by atoms with Gasteiger partial charge in [-0.2, -0.15) is 0 Å². The van der Waals surface area contributed by atoms with Crippen molar-refractivity contribution in [1.82, 2.24) is 0 Å². The molecule has 2 nitrogen and oxygen atoms in total. The van der Waals surface area contributed by atoms with Crippen LogP contribution in [0.5, 0.6) is 0 Å². The highest BCUT2D eigenvalue weighted by Crippen LogP contribution is 2.30. The van der Waals surface area contributed by atoms with Crippen LogP contribution < -0.4 is 10.6 Å². The van der Waals surface area contributed by atoms with Gasteiger partial charge in [-0.15, -0.1) is 0 Å². The summed E-state index contributed by atoms with van der Waals surface area (Å²) < 4.78 is 0. The van der Waals surface area contributed by atoms with E-state index >= 15 is 0 Å². The summed E-state index contributed by atoms with van der Waals surface area (Å²) in [4.78, 5) is 2.40. The van der Waals surface area contributed by atoms with Crippen LogP contribution in [0.15, 0.2) is 42.5 Å². The molecule has 3 rings (SSSR count). The lowest BCUT2D eigenvalue weighted by Gasteiger charge is -2.26. The SMILES string of the molecule is Nc1cccc(Cl)c1CN1CCCCc2ccccc21. The summed E-state index contributed by atoms with van der Waals surface area (Å²) in [5, 5.41) is 0.756. The molecule has 0 atom stereocenters. The molecule has 104 valence electrons. The molecule has 20 heavy (non-hydrogen) atoms. The molecule has 3 heteroatoms. The lowest BCUT2D eigenvalue weighted by molar-refractivity contribution is 0.715. The molecule has 0 spiro atoms. The van der Waals surface area contributed by atoms with Crippen molar-refractivity contribution >= 4 is 23.0 Å². The number of nitrogen functional groups attached to an aromatic ring is 1. The van der Waals surface area contributed by atoms with Crippen LogP contribution in [0.25, 0.3) is 0 Å². The van der Waals surface area contributed by atoms with Crippen LogP contribution in [0.1, 0.15) is 24.0 Å². The summed E-state index contributed by atoms with van der Waals surface area (Å²) in [5.74, 6) is 0. The van der Waals surface area contributed by atoms with E-state index in [-0.39, 0.29) is 0 Å². The zero-order chi connectivity index (χ0) is 13.9. The number of benzene rings is 2. The van der Waals surface area contributed by atoms with E-state index in [0.29, 0.717) is 0 Å². The lowest BCUT2D eigenvalue weighted by Crippen LogP contribution is -2.24. The number of nitrogens with zero attached hydrogens (tertiary/aromatic N) is 1. The molecule has 0 bridgehead atoms. The first kappa shape index (κ1) is 13.3. The number of halogens is 1. The normalized spacial score (nSPS) is 14.8. The molecule has 2 aromatic carbocycles. The van der Waals surface area contributed by atoms with Crippen molar-refractivity contribution < 1.29 is 0 Å². The van der Waals surface area contributed by atoms with Gasteiger partial charge >= 0.3 is 0 Å². The van der Waals surface area contributed by atoms with E-state index in [9.17, 15) is 0 Å². The van der Waals surface area contributed by atoms with Gasteiger partial charge in [0.15, 0.2) is 0 Å². The Kier molecular flexibility index (Phi) is 3.83. The van der Waals surface area contributed by atoms with E-state index in [4.69, 9.17) is 17.3 Å². The Balaban J connectivity index is 1.94. The Bertz CT molecular complexity index is 589. The minimum absolute atomic E-state index is 0.756. The fourth-order valence-electron chi connectivity index (χ4n) is 2.87. The zero-order valence-electron chi connectivity index (χ0n) is 11.5. The van der Waals surface area contributed by atoms with Crippen LogP contribution in [0.2, 0.25) is 5.02 Å². The van der Waals surface area contributed by atoms with Gasteiger partial charge in [-0.25, -0.2) is 0 Å². The summed E-state index contributed by atoms with van der Waals surface area (Å²) in [6, 6.07) is 14.4. The highest BCUT2D eigenvalue weighted by atomic mass is 35.5. The molecule has 0 aromatic heterocycles. The van der Waals surface area contributed by atoms with E-state index in [1.54, 1.807) is 0 Å². The largest absolute Gasteiger partial charge is 0.398 e. The average Bonchev–Trinajstić information content (AvgIpc) is 2.66. The Morgan fingerprint density at radius 2 is 1.90 bits per heavy atom. The molecule has 0 aliphatic carbocycles. The maximum atomic E-state index is 6.31. The summed E-state index contributed by atoms with van der Waals surface area (Å²) in [6.45, 7) is 1.84. The number of para-hydroxylation sites is 1. The van der Waals surface area contributed by atoms with Crippen LogP contribution in [0.4, 0.5) is 11.4 Å². The van der Waals surface area contributed by atoms with E-state index in [2.05, 4.69) is 29.2 Å². The molecule has 0 saturated heterocycles. The number of hydrogen-bond acceptors (Lipinski definition) is 2. The van der Waals surface area contributed by atoms with Crippen molar-refractivity contribution in [1.29, 1.82) is 0 Å². The summed E-state index contributed by atoms with van der Waals surface area (Å²) in [7, 11) is 0. The number of fused-ring (bicyclic) bond motifs is 1. The molecule has 0 unspecified atom stereocenters. The van der Waals surface area contributed by atoms with E-state index in [1.807, 2.05) is 18.2 Å². The number of aryl methyl sites for hydroxylation is 1. The van der Waals surface area contributed by atoms with Crippen molar-refractivity contribution in [3.8, 4) is 0 Å². The predicted molar refractivity (Wildman–Crippen MR) is 86.3 cm³/mol. The van der Waals surface area contributed by atoms with Crippen molar-refractivity contribution in [3.05, 3.63) is 58.6 Å². The molecule has 0 amide bonds. The van der Waals surface area contributed by atoms with Gasteiger partial charge in [0, 0.05) is 35.1 Å². The highest BCUT2D eigenvalue weighted by Gasteiger charge is 2.17. The second-order valence-corrected chi connectivity index (χ2v) is 5.72. The van der Waals surface area contributed by atoms with Gasteiger partial charge < -0.3 is 10.6 Å². The van der Waals surface area contributed by atoms with Crippen LogP contribution in [0.3, 0.4) is 0 Å². The highest BCUT2D eigenvalue weighted by molar-refractivity contribution is 6.31. The van der Waals surface area contributed by atoms with Gasteiger partial charge in [-0.3, -0.25) is 0 Å². The smallest absolute Gasteiger partial charge is 0.0476 e.